The van der Waals surface area contributed by atoms with Crippen LogP contribution in [0, 0.1) is 20.8 Å². The molecule has 1 aromatic heterocycles. The summed E-state index contributed by atoms with van der Waals surface area (Å²) < 4.78 is 28.2. The fourth-order valence-corrected chi connectivity index (χ4v) is 4.51. The van der Waals surface area contributed by atoms with Crippen molar-refractivity contribution in [2.75, 3.05) is 4.72 Å². The third-order valence-electron chi connectivity index (χ3n) is 3.87. The molecule has 2 aromatic carbocycles. The monoisotopic (exact) mass is 360 g/mol. The molecule has 0 aliphatic heterocycles. The molecule has 0 aliphatic carbocycles. The van der Waals surface area contributed by atoms with Crippen LogP contribution in [0.3, 0.4) is 0 Å². The molecule has 0 atom stereocenters. The molecule has 3 rings (SSSR count). The Labute approximate surface area is 147 Å². The quantitative estimate of drug-likeness (QED) is 0.728. The standard InChI is InChI=1S/C18H18N2O2S2.H2/c1-12-9-14(3)17(10-13(12)2)24(21,22)20-16-6-4-5-15(11-16)18-19-7-8-23-18;/h4-11,20H,1-3H3;1H. The summed E-state index contributed by atoms with van der Waals surface area (Å²) in [5, 5.41) is 2.75. The molecule has 0 fully saturated rings. The van der Waals surface area contributed by atoms with E-state index in [9.17, 15) is 8.42 Å². The minimum Gasteiger partial charge on any atom is -0.280 e. The number of aromatic nitrogens is 1. The number of nitrogens with one attached hydrogen (secondary N) is 1. The van der Waals surface area contributed by atoms with Gasteiger partial charge in [0.2, 0.25) is 0 Å². The van der Waals surface area contributed by atoms with Gasteiger partial charge in [-0.2, -0.15) is 0 Å². The predicted molar refractivity (Wildman–Crippen MR) is 101 cm³/mol. The summed E-state index contributed by atoms with van der Waals surface area (Å²) >= 11 is 1.52. The van der Waals surface area contributed by atoms with Gasteiger partial charge in [-0.25, -0.2) is 13.4 Å². The van der Waals surface area contributed by atoms with Gasteiger partial charge in [-0.3, -0.25) is 4.72 Å². The molecule has 24 heavy (non-hydrogen) atoms. The van der Waals surface area contributed by atoms with Gasteiger partial charge < -0.3 is 0 Å². The molecule has 0 amide bonds. The van der Waals surface area contributed by atoms with Crippen LogP contribution in [0.2, 0.25) is 0 Å². The highest BCUT2D eigenvalue weighted by atomic mass is 32.2. The van der Waals surface area contributed by atoms with E-state index in [0.29, 0.717) is 10.6 Å². The van der Waals surface area contributed by atoms with E-state index in [-0.39, 0.29) is 1.43 Å². The molecule has 0 saturated heterocycles. The van der Waals surface area contributed by atoms with Gasteiger partial charge in [-0.1, -0.05) is 18.2 Å². The van der Waals surface area contributed by atoms with Crippen LogP contribution in [-0.4, -0.2) is 13.4 Å². The van der Waals surface area contributed by atoms with Gasteiger partial charge in [0, 0.05) is 24.3 Å². The van der Waals surface area contributed by atoms with Crippen molar-refractivity contribution in [3.05, 3.63) is 64.7 Å². The molecule has 126 valence electrons. The zero-order chi connectivity index (χ0) is 17.3. The predicted octanol–water partition coefficient (Wildman–Crippen LogP) is 4.78. The normalized spacial score (nSPS) is 11.5. The molecular weight excluding hydrogens is 340 g/mol. The van der Waals surface area contributed by atoms with Crippen molar-refractivity contribution in [2.24, 2.45) is 0 Å². The SMILES string of the molecule is Cc1cc(C)c(S(=O)(=O)Nc2cccc(-c3nccs3)c2)cc1C.[HH]. The summed E-state index contributed by atoms with van der Waals surface area (Å²) in [5.74, 6) is 0. The Morgan fingerprint density at radius 2 is 1.79 bits per heavy atom. The molecule has 0 bridgehead atoms. The van der Waals surface area contributed by atoms with Gasteiger partial charge in [0.05, 0.1) is 4.90 Å². The third kappa shape index (κ3) is 3.34. The fraction of sp³-hybridized carbons (Fsp3) is 0.167. The van der Waals surface area contributed by atoms with Crippen LogP contribution in [-0.2, 0) is 10.0 Å². The Hall–Kier alpha value is -2.18. The second-order valence-corrected chi connectivity index (χ2v) is 8.27. The molecule has 3 aromatic rings. The van der Waals surface area contributed by atoms with Crippen molar-refractivity contribution in [2.45, 2.75) is 25.7 Å². The van der Waals surface area contributed by atoms with E-state index in [1.807, 2.05) is 44.4 Å². The zero-order valence-electron chi connectivity index (χ0n) is 13.7. The third-order valence-corrected chi connectivity index (χ3v) is 6.22. The maximum Gasteiger partial charge on any atom is 0.262 e. The van der Waals surface area contributed by atoms with Crippen LogP contribution in [0.5, 0.6) is 0 Å². The number of sulfonamides is 1. The molecule has 0 spiro atoms. The molecule has 4 nitrogen and oxygen atoms in total. The molecule has 1 N–H and O–H groups in total. The number of nitrogens with zero attached hydrogens (tertiary/aromatic N) is 1. The smallest absolute Gasteiger partial charge is 0.262 e. The summed E-state index contributed by atoms with van der Waals surface area (Å²) in [6, 6.07) is 10.9. The van der Waals surface area contributed by atoms with E-state index in [0.717, 1.165) is 27.3 Å². The van der Waals surface area contributed by atoms with Crippen LogP contribution < -0.4 is 4.72 Å². The van der Waals surface area contributed by atoms with E-state index in [1.54, 1.807) is 24.4 Å². The Balaban J connectivity index is 0.00000225. The van der Waals surface area contributed by atoms with E-state index in [2.05, 4.69) is 9.71 Å². The maximum atomic E-state index is 12.8. The number of thiazole rings is 1. The van der Waals surface area contributed by atoms with Crippen molar-refractivity contribution in [1.29, 1.82) is 0 Å². The number of rotatable bonds is 4. The van der Waals surface area contributed by atoms with Crippen molar-refractivity contribution in [3.8, 4) is 10.6 Å². The van der Waals surface area contributed by atoms with E-state index >= 15 is 0 Å². The molecular formula is C18H20N2O2S2. The minimum absolute atomic E-state index is 0. The first-order valence-corrected chi connectivity index (χ1v) is 9.84. The highest BCUT2D eigenvalue weighted by Crippen LogP contribution is 2.27. The van der Waals surface area contributed by atoms with E-state index in [1.165, 1.54) is 11.3 Å². The van der Waals surface area contributed by atoms with Gasteiger partial charge in [-0.15, -0.1) is 11.3 Å². The van der Waals surface area contributed by atoms with Gasteiger partial charge in [0.15, 0.2) is 0 Å². The zero-order valence-corrected chi connectivity index (χ0v) is 15.3. The van der Waals surface area contributed by atoms with Crippen LogP contribution in [0.15, 0.2) is 52.9 Å². The highest BCUT2D eigenvalue weighted by molar-refractivity contribution is 7.92. The molecule has 6 heteroatoms. The van der Waals surface area contributed by atoms with Crippen molar-refractivity contribution < 1.29 is 9.84 Å². The fourth-order valence-electron chi connectivity index (χ4n) is 2.52. The Morgan fingerprint density at radius 1 is 1.04 bits per heavy atom. The number of hydrogen-bond acceptors (Lipinski definition) is 4. The van der Waals surface area contributed by atoms with Crippen LogP contribution in [0.25, 0.3) is 10.6 Å². The molecule has 0 aliphatic rings. The second kappa shape index (κ2) is 6.37. The number of hydrogen-bond donors (Lipinski definition) is 1. The van der Waals surface area contributed by atoms with Gasteiger partial charge in [-0.05, 0) is 55.7 Å². The average Bonchev–Trinajstić information content (AvgIpc) is 3.05. The first kappa shape index (κ1) is 16.7. The van der Waals surface area contributed by atoms with Crippen LogP contribution in [0.1, 0.15) is 18.1 Å². The molecule has 1 heterocycles. The lowest BCUT2D eigenvalue weighted by molar-refractivity contribution is 0.600. The summed E-state index contributed by atoms with van der Waals surface area (Å²) in [6.45, 7) is 5.70. The van der Waals surface area contributed by atoms with E-state index in [4.69, 9.17) is 0 Å². The summed E-state index contributed by atoms with van der Waals surface area (Å²) in [5.41, 5.74) is 4.19. The summed E-state index contributed by atoms with van der Waals surface area (Å²) in [4.78, 5) is 4.57. The number of aryl methyl sites for hydroxylation is 3. The van der Waals surface area contributed by atoms with E-state index < -0.39 is 10.0 Å². The lowest BCUT2D eigenvalue weighted by Crippen LogP contribution is -2.14. The molecule has 0 radical (unpaired) electrons. The van der Waals surface area contributed by atoms with Gasteiger partial charge in [0.1, 0.15) is 5.01 Å². The summed E-state index contributed by atoms with van der Waals surface area (Å²) in [6.07, 6.45) is 1.73. The maximum absolute atomic E-state index is 12.8. The number of anilines is 1. The van der Waals surface area contributed by atoms with Crippen molar-refractivity contribution >= 4 is 27.0 Å². The molecule has 0 saturated carbocycles. The Bertz CT molecular complexity index is 984. The largest absolute Gasteiger partial charge is 0.280 e. The topological polar surface area (TPSA) is 59.1 Å². The molecule has 0 unspecified atom stereocenters. The number of benzene rings is 2. The van der Waals surface area contributed by atoms with Crippen LogP contribution >= 0.6 is 11.3 Å². The Morgan fingerprint density at radius 3 is 2.50 bits per heavy atom. The van der Waals surface area contributed by atoms with Crippen molar-refractivity contribution in [1.82, 2.24) is 4.98 Å². The lowest BCUT2D eigenvalue weighted by atomic mass is 10.1. The first-order valence-electron chi connectivity index (χ1n) is 7.47. The lowest BCUT2D eigenvalue weighted by Gasteiger charge is -2.13. The summed E-state index contributed by atoms with van der Waals surface area (Å²) in [7, 11) is -3.64. The second-order valence-electron chi connectivity index (χ2n) is 5.73. The van der Waals surface area contributed by atoms with Gasteiger partial charge in [0.25, 0.3) is 10.0 Å². The van der Waals surface area contributed by atoms with Gasteiger partial charge >= 0.3 is 0 Å². The Kier molecular flexibility index (Phi) is 4.43. The highest BCUT2D eigenvalue weighted by Gasteiger charge is 2.18. The first-order chi connectivity index (χ1) is 11.4. The van der Waals surface area contributed by atoms with Crippen molar-refractivity contribution in [3.63, 3.8) is 0 Å². The minimum atomic E-state index is -3.64. The van der Waals surface area contributed by atoms with Crippen LogP contribution in [0.4, 0.5) is 5.69 Å². The average molecular weight is 361 g/mol.